The fourth-order valence-corrected chi connectivity index (χ4v) is 2.20. The summed E-state index contributed by atoms with van der Waals surface area (Å²) in [5.74, 6) is 0. The number of hydrogen-bond donors (Lipinski definition) is 0. The molecule has 0 radical (unpaired) electrons. The molecule has 0 saturated carbocycles. The molecule has 0 amide bonds. The second-order valence-corrected chi connectivity index (χ2v) is 4.46. The van der Waals surface area contributed by atoms with E-state index in [0.29, 0.717) is 5.56 Å². The summed E-state index contributed by atoms with van der Waals surface area (Å²) in [4.78, 5) is 14.5. The van der Waals surface area contributed by atoms with E-state index in [0.717, 1.165) is 17.0 Å². The van der Waals surface area contributed by atoms with Gasteiger partial charge in [0.05, 0.1) is 9.93 Å². The predicted octanol–water partition coefficient (Wildman–Crippen LogP) is 2.95. The molecular formula is C11H10N2O2S. The Morgan fingerprint density at radius 2 is 2.31 bits per heavy atom. The zero-order chi connectivity index (χ0) is 11.5. The number of benzene rings is 1. The quantitative estimate of drug-likeness (QED) is 0.606. The summed E-state index contributed by atoms with van der Waals surface area (Å²) in [5.41, 5.74) is 1.92. The van der Waals surface area contributed by atoms with E-state index in [4.69, 9.17) is 0 Å². The first-order valence-electron chi connectivity index (χ1n) is 4.79. The van der Waals surface area contributed by atoms with Crippen molar-refractivity contribution in [1.82, 2.24) is 4.98 Å². The van der Waals surface area contributed by atoms with Gasteiger partial charge in [0.1, 0.15) is 0 Å². The molecule has 0 spiro atoms. The van der Waals surface area contributed by atoms with Gasteiger partial charge in [-0.05, 0) is 18.6 Å². The third-order valence-electron chi connectivity index (χ3n) is 2.30. The molecular weight excluding hydrogens is 224 g/mol. The molecule has 2 rings (SSSR count). The van der Waals surface area contributed by atoms with Gasteiger partial charge in [-0.15, -0.1) is 11.3 Å². The molecule has 0 N–H and O–H groups in total. The van der Waals surface area contributed by atoms with Crippen LogP contribution in [0, 0.1) is 17.0 Å². The second-order valence-electron chi connectivity index (χ2n) is 3.48. The summed E-state index contributed by atoms with van der Waals surface area (Å²) in [6, 6.07) is 5.18. The Balaban J connectivity index is 2.24. The van der Waals surface area contributed by atoms with Crippen LogP contribution in [0.25, 0.3) is 0 Å². The minimum atomic E-state index is -0.359. The maximum Gasteiger partial charge on any atom is 0.272 e. The van der Waals surface area contributed by atoms with Crippen molar-refractivity contribution < 1.29 is 4.92 Å². The van der Waals surface area contributed by atoms with E-state index < -0.39 is 0 Å². The average Bonchev–Trinajstić information content (AvgIpc) is 2.70. The molecule has 0 unspecified atom stereocenters. The Hall–Kier alpha value is -1.75. The van der Waals surface area contributed by atoms with E-state index >= 15 is 0 Å². The zero-order valence-electron chi connectivity index (χ0n) is 8.71. The predicted molar refractivity (Wildman–Crippen MR) is 62.8 cm³/mol. The lowest BCUT2D eigenvalue weighted by molar-refractivity contribution is -0.385. The minimum Gasteiger partial charge on any atom is -0.258 e. The zero-order valence-corrected chi connectivity index (χ0v) is 9.53. The molecule has 2 aromatic rings. The molecule has 0 aliphatic carbocycles. The third-order valence-corrected chi connectivity index (χ3v) is 3.08. The van der Waals surface area contributed by atoms with E-state index in [2.05, 4.69) is 4.98 Å². The molecule has 0 saturated heterocycles. The summed E-state index contributed by atoms with van der Waals surface area (Å²) in [5, 5.41) is 13.6. The van der Waals surface area contributed by atoms with Gasteiger partial charge in [0.2, 0.25) is 0 Å². The van der Waals surface area contributed by atoms with Crippen LogP contribution in [0.3, 0.4) is 0 Å². The fraction of sp³-hybridized carbons (Fsp3) is 0.182. The molecule has 1 aromatic carbocycles. The van der Waals surface area contributed by atoms with Crippen LogP contribution in [0.1, 0.15) is 16.1 Å². The van der Waals surface area contributed by atoms with Crippen LogP contribution in [0.4, 0.5) is 5.69 Å². The van der Waals surface area contributed by atoms with Gasteiger partial charge in [0.15, 0.2) is 0 Å². The van der Waals surface area contributed by atoms with Crippen LogP contribution < -0.4 is 0 Å². The summed E-state index contributed by atoms with van der Waals surface area (Å²) >= 11 is 1.59. The number of nitro groups is 1. The molecule has 0 aliphatic heterocycles. The van der Waals surface area contributed by atoms with Crippen molar-refractivity contribution in [2.24, 2.45) is 0 Å². The maximum atomic E-state index is 10.6. The van der Waals surface area contributed by atoms with Gasteiger partial charge in [-0.3, -0.25) is 10.1 Å². The standard InChI is InChI=1S/C11H10N2O2S/c1-8-6-9(2-3-10(8)13(14)15)7-11-12-4-5-16-11/h2-6H,7H2,1H3. The Morgan fingerprint density at radius 1 is 1.50 bits per heavy atom. The van der Waals surface area contributed by atoms with E-state index in [1.54, 1.807) is 36.6 Å². The number of nitrogens with zero attached hydrogens (tertiary/aromatic N) is 2. The van der Waals surface area contributed by atoms with Gasteiger partial charge in [-0.25, -0.2) is 4.98 Å². The highest BCUT2D eigenvalue weighted by atomic mass is 32.1. The molecule has 1 aromatic heterocycles. The van der Waals surface area contributed by atoms with Crippen LogP contribution >= 0.6 is 11.3 Å². The number of aryl methyl sites for hydroxylation is 1. The van der Waals surface area contributed by atoms with Crippen LogP contribution in [0.15, 0.2) is 29.8 Å². The van der Waals surface area contributed by atoms with Crippen molar-refractivity contribution in [3.8, 4) is 0 Å². The monoisotopic (exact) mass is 234 g/mol. The Kier molecular flexibility index (Phi) is 2.96. The minimum absolute atomic E-state index is 0.169. The number of thiazole rings is 1. The molecule has 1 heterocycles. The lowest BCUT2D eigenvalue weighted by Crippen LogP contribution is -1.94. The molecule has 16 heavy (non-hydrogen) atoms. The smallest absolute Gasteiger partial charge is 0.258 e. The Morgan fingerprint density at radius 3 is 2.88 bits per heavy atom. The average molecular weight is 234 g/mol. The van der Waals surface area contributed by atoms with Crippen LogP contribution in [0.2, 0.25) is 0 Å². The van der Waals surface area contributed by atoms with Gasteiger partial charge in [-0.2, -0.15) is 0 Å². The molecule has 0 atom stereocenters. The topological polar surface area (TPSA) is 56.0 Å². The first kappa shape index (κ1) is 10.8. The van der Waals surface area contributed by atoms with Crippen molar-refractivity contribution in [3.63, 3.8) is 0 Å². The summed E-state index contributed by atoms with van der Waals surface area (Å²) in [6.45, 7) is 1.75. The Labute approximate surface area is 96.7 Å². The first-order chi connectivity index (χ1) is 7.66. The maximum absolute atomic E-state index is 10.6. The van der Waals surface area contributed by atoms with Gasteiger partial charge in [-0.1, -0.05) is 6.07 Å². The normalized spacial score (nSPS) is 10.3. The number of rotatable bonds is 3. The molecule has 4 nitrogen and oxygen atoms in total. The van der Waals surface area contributed by atoms with Crippen molar-refractivity contribution in [2.75, 3.05) is 0 Å². The summed E-state index contributed by atoms with van der Waals surface area (Å²) in [7, 11) is 0. The van der Waals surface area contributed by atoms with Crippen LogP contribution in [-0.2, 0) is 6.42 Å². The van der Waals surface area contributed by atoms with Gasteiger partial charge in [0.25, 0.3) is 5.69 Å². The molecule has 82 valence electrons. The van der Waals surface area contributed by atoms with Crippen molar-refractivity contribution in [3.05, 3.63) is 56.0 Å². The van der Waals surface area contributed by atoms with E-state index in [9.17, 15) is 10.1 Å². The molecule has 0 bridgehead atoms. The summed E-state index contributed by atoms with van der Waals surface area (Å²) in [6.07, 6.45) is 2.49. The summed E-state index contributed by atoms with van der Waals surface area (Å²) < 4.78 is 0. The molecule has 5 heteroatoms. The highest BCUT2D eigenvalue weighted by Gasteiger charge is 2.10. The number of hydrogen-bond acceptors (Lipinski definition) is 4. The van der Waals surface area contributed by atoms with Gasteiger partial charge < -0.3 is 0 Å². The van der Waals surface area contributed by atoms with Gasteiger partial charge >= 0.3 is 0 Å². The second kappa shape index (κ2) is 4.40. The van der Waals surface area contributed by atoms with Crippen molar-refractivity contribution >= 4 is 17.0 Å². The molecule has 0 fully saturated rings. The van der Waals surface area contributed by atoms with E-state index in [-0.39, 0.29) is 10.6 Å². The van der Waals surface area contributed by atoms with Crippen molar-refractivity contribution in [2.45, 2.75) is 13.3 Å². The van der Waals surface area contributed by atoms with Crippen molar-refractivity contribution in [1.29, 1.82) is 0 Å². The van der Waals surface area contributed by atoms with E-state index in [1.165, 1.54) is 0 Å². The first-order valence-corrected chi connectivity index (χ1v) is 5.67. The lowest BCUT2D eigenvalue weighted by Gasteiger charge is -2.01. The van der Waals surface area contributed by atoms with Crippen LogP contribution in [-0.4, -0.2) is 9.91 Å². The van der Waals surface area contributed by atoms with Crippen LogP contribution in [0.5, 0.6) is 0 Å². The highest BCUT2D eigenvalue weighted by molar-refractivity contribution is 7.09. The third kappa shape index (κ3) is 2.25. The molecule has 0 aliphatic rings. The van der Waals surface area contributed by atoms with Gasteiger partial charge in [0, 0.05) is 29.6 Å². The van der Waals surface area contributed by atoms with E-state index in [1.807, 2.05) is 11.4 Å². The highest BCUT2D eigenvalue weighted by Crippen LogP contribution is 2.20. The number of nitro benzene ring substituents is 1. The number of aromatic nitrogens is 1. The SMILES string of the molecule is Cc1cc(Cc2nccs2)ccc1[N+](=O)[O-]. The lowest BCUT2D eigenvalue weighted by atomic mass is 10.1. The largest absolute Gasteiger partial charge is 0.272 e. The Bertz CT molecular complexity index is 509. The fourth-order valence-electron chi connectivity index (χ4n) is 1.55.